The summed E-state index contributed by atoms with van der Waals surface area (Å²) in [5.74, 6) is -0.0575. The molecule has 1 rings (SSSR count). The molecule has 0 radical (unpaired) electrons. The second kappa shape index (κ2) is 5.89. The number of carboxylic acid groups (broad SMARTS) is 1. The van der Waals surface area contributed by atoms with Gasteiger partial charge < -0.3 is 15.3 Å². The topological polar surface area (TPSA) is 69.6 Å². The number of urea groups is 1. The Kier molecular flexibility index (Phi) is 4.78. The summed E-state index contributed by atoms with van der Waals surface area (Å²) in [7, 11) is 0. The van der Waals surface area contributed by atoms with Gasteiger partial charge in [-0.25, -0.2) is 4.79 Å². The summed E-state index contributed by atoms with van der Waals surface area (Å²) in [5.41, 5.74) is 0. The maximum Gasteiger partial charge on any atom is 0.323 e. The first-order chi connectivity index (χ1) is 7.91. The molecule has 0 aromatic heterocycles. The third-order valence-electron chi connectivity index (χ3n) is 3.27. The predicted molar refractivity (Wildman–Crippen MR) is 64.8 cm³/mol. The highest BCUT2D eigenvalue weighted by atomic mass is 16.4. The smallest absolute Gasteiger partial charge is 0.323 e. The van der Waals surface area contributed by atoms with Gasteiger partial charge in [0, 0.05) is 12.6 Å². The van der Waals surface area contributed by atoms with Crippen molar-refractivity contribution in [3.8, 4) is 0 Å². The molecule has 2 N–H and O–H groups in total. The number of nitrogens with one attached hydrogen (secondary N) is 1. The number of aliphatic carboxylic acids is 1. The quantitative estimate of drug-likeness (QED) is 0.742. The van der Waals surface area contributed by atoms with E-state index in [0.717, 1.165) is 12.8 Å². The van der Waals surface area contributed by atoms with Crippen molar-refractivity contribution in [1.29, 1.82) is 0 Å². The Labute approximate surface area is 102 Å². The fourth-order valence-electron chi connectivity index (χ4n) is 1.48. The number of hydrogen-bond acceptors (Lipinski definition) is 2. The summed E-state index contributed by atoms with van der Waals surface area (Å²) in [6.45, 7) is 6.68. The Morgan fingerprint density at radius 3 is 2.35 bits per heavy atom. The molecule has 5 nitrogen and oxygen atoms in total. The van der Waals surface area contributed by atoms with E-state index in [2.05, 4.69) is 26.1 Å². The van der Waals surface area contributed by atoms with Gasteiger partial charge in [0.25, 0.3) is 0 Å². The van der Waals surface area contributed by atoms with Crippen LogP contribution < -0.4 is 5.32 Å². The maximum absolute atomic E-state index is 11.8. The molecule has 1 aliphatic rings. The minimum Gasteiger partial charge on any atom is -0.480 e. The Morgan fingerprint density at radius 1 is 1.35 bits per heavy atom. The van der Waals surface area contributed by atoms with E-state index >= 15 is 0 Å². The van der Waals surface area contributed by atoms with Gasteiger partial charge in [0.15, 0.2) is 0 Å². The van der Waals surface area contributed by atoms with Crippen molar-refractivity contribution < 1.29 is 14.7 Å². The fraction of sp³-hybridized carbons (Fsp3) is 0.833. The van der Waals surface area contributed by atoms with Gasteiger partial charge in [-0.3, -0.25) is 4.79 Å². The summed E-state index contributed by atoms with van der Waals surface area (Å²) in [6, 6.07) is -0.122. The fourth-order valence-corrected chi connectivity index (χ4v) is 1.48. The SMILES string of the molecule is CC(C)C(C)CNC(=O)N(CC(=O)O)C1CC1. The van der Waals surface area contributed by atoms with Gasteiger partial charge >= 0.3 is 12.0 Å². The first kappa shape index (κ1) is 13.8. The van der Waals surface area contributed by atoms with E-state index in [9.17, 15) is 9.59 Å². The molecule has 1 atom stereocenters. The second-order valence-electron chi connectivity index (χ2n) is 5.16. The molecule has 1 saturated carbocycles. The lowest BCUT2D eigenvalue weighted by molar-refractivity contribution is -0.137. The average Bonchev–Trinajstić information content (AvgIpc) is 3.05. The molecule has 98 valence electrons. The van der Waals surface area contributed by atoms with Crippen molar-refractivity contribution in [2.24, 2.45) is 11.8 Å². The highest BCUT2D eigenvalue weighted by molar-refractivity contribution is 5.80. The lowest BCUT2D eigenvalue weighted by Gasteiger charge is -2.23. The highest BCUT2D eigenvalue weighted by Gasteiger charge is 2.33. The maximum atomic E-state index is 11.8. The van der Waals surface area contributed by atoms with Crippen LogP contribution in [0, 0.1) is 11.8 Å². The molecule has 1 fully saturated rings. The van der Waals surface area contributed by atoms with Crippen molar-refractivity contribution in [1.82, 2.24) is 10.2 Å². The van der Waals surface area contributed by atoms with E-state index in [4.69, 9.17) is 5.11 Å². The van der Waals surface area contributed by atoms with Crippen LogP contribution in [0.3, 0.4) is 0 Å². The van der Waals surface area contributed by atoms with Crippen LogP contribution in [0.1, 0.15) is 33.6 Å². The molecule has 0 aliphatic heterocycles. The van der Waals surface area contributed by atoms with Crippen LogP contribution >= 0.6 is 0 Å². The molecule has 17 heavy (non-hydrogen) atoms. The number of carboxylic acids is 1. The van der Waals surface area contributed by atoms with E-state index in [1.807, 2.05) is 0 Å². The summed E-state index contributed by atoms with van der Waals surface area (Å²) >= 11 is 0. The van der Waals surface area contributed by atoms with Crippen LogP contribution in [0.15, 0.2) is 0 Å². The molecule has 0 spiro atoms. The second-order valence-corrected chi connectivity index (χ2v) is 5.16. The van der Waals surface area contributed by atoms with E-state index in [1.165, 1.54) is 4.90 Å². The average molecular weight is 242 g/mol. The third kappa shape index (κ3) is 4.63. The Morgan fingerprint density at radius 2 is 1.94 bits per heavy atom. The molecule has 0 heterocycles. The first-order valence-electron chi connectivity index (χ1n) is 6.18. The number of hydrogen-bond donors (Lipinski definition) is 2. The normalized spacial score (nSPS) is 16.7. The molecule has 0 aromatic carbocycles. The number of amides is 2. The number of nitrogens with zero attached hydrogens (tertiary/aromatic N) is 1. The predicted octanol–water partition coefficient (Wildman–Crippen LogP) is 1.54. The van der Waals surface area contributed by atoms with Crippen molar-refractivity contribution in [3.63, 3.8) is 0 Å². The van der Waals surface area contributed by atoms with Gasteiger partial charge in [-0.15, -0.1) is 0 Å². The molecule has 2 amide bonds. The molecule has 0 saturated heterocycles. The Hall–Kier alpha value is -1.26. The van der Waals surface area contributed by atoms with Gasteiger partial charge in [-0.05, 0) is 24.7 Å². The molecule has 0 aromatic rings. The monoisotopic (exact) mass is 242 g/mol. The van der Waals surface area contributed by atoms with Crippen molar-refractivity contribution in [2.45, 2.75) is 39.7 Å². The van der Waals surface area contributed by atoms with Gasteiger partial charge in [0.1, 0.15) is 6.54 Å². The highest BCUT2D eigenvalue weighted by Crippen LogP contribution is 2.26. The summed E-state index contributed by atoms with van der Waals surface area (Å²) in [6.07, 6.45) is 1.83. The Balaban J connectivity index is 2.40. The summed E-state index contributed by atoms with van der Waals surface area (Å²) in [4.78, 5) is 23.9. The van der Waals surface area contributed by atoms with Crippen LogP contribution in [0.5, 0.6) is 0 Å². The van der Waals surface area contributed by atoms with Crippen LogP contribution in [0.2, 0.25) is 0 Å². The van der Waals surface area contributed by atoms with E-state index in [0.29, 0.717) is 18.4 Å². The summed E-state index contributed by atoms with van der Waals surface area (Å²) in [5, 5.41) is 11.6. The number of carbonyl (C=O) groups is 2. The van der Waals surface area contributed by atoms with Crippen molar-refractivity contribution in [3.05, 3.63) is 0 Å². The number of carbonyl (C=O) groups excluding carboxylic acids is 1. The lowest BCUT2D eigenvalue weighted by atomic mass is 9.98. The zero-order chi connectivity index (χ0) is 13.0. The molecule has 5 heteroatoms. The van der Waals surface area contributed by atoms with Crippen molar-refractivity contribution in [2.75, 3.05) is 13.1 Å². The Bertz CT molecular complexity index is 287. The van der Waals surface area contributed by atoms with Crippen molar-refractivity contribution >= 4 is 12.0 Å². The largest absolute Gasteiger partial charge is 0.480 e. The number of rotatable bonds is 6. The van der Waals surface area contributed by atoms with E-state index in [1.54, 1.807) is 0 Å². The van der Waals surface area contributed by atoms with Gasteiger partial charge in [-0.1, -0.05) is 20.8 Å². The molecule has 1 unspecified atom stereocenters. The minimum absolute atomic E-state index is 0.125. The first-order valence-corrected chi connectivity index (χ1v) is 6.18. The van der Waals surface area contributed by atoms with Crippen LogP contribution in [0.4, 0.5) is 4.79 Å². The van der Waals surface area contributed by atoms with Crippen LogP contribution in [-0.4, -0.2) is 41.1 Å². The zero-order valence-corrected chi connectivity index (χ0v) is 10.8. The molecular formula is C12H22N2O3. The standard InChI is InChI=1S/C12H22N2O3/c1-8(2)9(3)6-13-12(17)14(7-11(15)16)10-4-5-10/h8-10H,4-7H2,1-3H3,(H,13,17)(H,15,16). The van der Waals surface area contributed by atoms with Gasteiger partial charge in [0.2, 0.25) is 0 Å². The molecule has 0 bridgehead atoms. The van der Waals surface area contributed by atoms with Crippen LogP contribution in [0.25, 0.3) is 0 Å². The lowest BCUT2D eigenvalue weighted by Crippen LogP contribution is -2.45. The van der Waals surface area contributed by atoms with Crippen LogP contribution in [-0.2, 0) is 4.79 Å². The zero-order valence-electron chi connectivity index (χ0n) is 10.8. The summed E-state index contributed by atoms with van der Waals surface area (Å²) < 4.78 is 0. The van der Waals surface area contributed by atoms with E-state index in [-0.39, 0.29) is 18.6 Å². The minimum atomic E-state index is -0.955. The van der Waals surface area contributed by atoms with Gasteiger partial charge in [0.05, 0.1) is 0 Å². The van der Waals surface area contributed by atoms with E-state index < -0.39 is 5.97 Å². The third-order valence-corrected chi connectivity index (χ3v) is 3.27. The van der Waals surface area contributed by atoms with Gasteiger partial charge in [-0.2, -0.15) is 0 Å². The molecular weight excluding hydrogens is 220 g/mol. The molecule has 1 aliphatic carbocycles.